The number of nitrogens with zero attached hydrogens (tertiary/aromatic N) is 1. The van der Waals surface area contributed by atoms with E-state index in [1.807, 2.05) is 13.0 Å². The van der Waals surface area contributed by atoms with E-state index in [2.05, 4.69) is 9.88 Å². The molecule has 1 N–H and O–H groups in total. The van der Waals surface area contributed by atoms with Gasteiger partial charge in [0.2, 0.25) is 10.0 Å². The first-order chi connectivity index (χ1) is 9.38. The Labute approximate surface area is 119 Å². The molecule has 0 radical (unpaired) electrons. The van der Waals surface area contributed by atoms with Gasteiger partial charge in [0.1, 0.15) is 5.76 Å². The molecule has 0 unspecified atom stereocenters. The second-order valence-corrected chi connectivity index (χ2v) is 6.58. The molecule has 1 aromatic heterocycles. The fourth-order valence-electron chi connectivity index (χ4n) is 2.03. The van der Waals surface area contributed by atoms with Crippen molar-refractivity contribution < 1.29 is 12.9 Å². The minimum Gasteiger partial charge on any atom is -0.361 e. The van der Waals surface area contributed by atoms with Crippen molar-refractivity contribution in [3.8, 4) is 0 Å². The lowest BCUT2D eigenvalue weighted by Crippen LogP contribution is -2.26. The second kappa shape index (κ2) is 5.76. The van der Waals surface area contributed by atoms with Crippen LogP contribution in [0.3, 0.4) is 0 Å². The highest BCUT2D eigenvalue weighted by atomic mass is 32.2. The summed E-state index contributed by atoms with van der Waals surface area (Å²) in [6.07, 6.45) is 0.501. The van der Waals surface area contributed by atoms with E-state index in [1.54, 1.807) is 32.0 Å². The number of rotatable bonds is 5. The van der Waals surface area contributed by atoms with Gasteiger partial charge >= 0.3 is 0 Å². The van der Waals surface area contributed by atoms with Gasteiger partial charge in [-0.2, -0.15) is 0 Å². The van der Waals surface area contributed by atoms with Gasteiger partial charge in [0.25, 0.3) is 0 Å². The Morgan fingerprint density at radius 1 is 1.20 bits per heavy atom. The van der Waals surface area contributed by atoms with Gasteiger partial charge < -0.3 is 4.52 Å². The zero-order valence-corrected chi connectivity index (χ0v) is 12.6. The molecule has 0 spiro atoms. The zero-order valence-electron chi connectivity index (χ0n) is 11.8. The van der Waals surface area contributed by atoms with Gasteiger partial charge in [-0.15, -0.1) is 0 Å². The molecule has 0 aliphatic rings. The fourth-order valence-corrected chi connectivity index (χ4v) is 3.28. The van der Waals surface area contributed by atoms with Crippen molar-refractivity contribution in [1.29, 1.82) is 0 Å². The van der Waals surface area contributed by atoms with E-state index in [4.69, 9.17) is 4.52 Å². The van der Waals surface area contributed by atoms with Crippen LogP contribution >= 0.6 is 0 Å². The van der Waals surface area contributed by atoms with Crippen LogP contribution in [-0.2, 0) is 16.4 Å². The van der Waals surface area contributed by atoms with Crippen LogP contribution < -0.4 is 4.72 Å². The van der Waals surface area contributed by atoms with E-state index in [0.717, 1.165) is 22.6 Å². The molecule has 0 aliphatic heterocycles. The molecule has 0 amide bonds. The average Bonchev–Trinajstić information content (AvgIpc) is 2.74. The third-order valence-corrected chi connectivity index (χ3v) is 4.59. The standard InChI is InChI=1S/C14H18N2O3S/c1-10-4-5-14(11(2)8-10)20(17,18)15-7-6-13-9-12(3)19-16-13/h4-5,8-9,15H,6-7H2,1-3H3. The molecule has 0 fully saturated rings. The fraction of sp³-hybridized carbons (Fsp3) is 0.357. The van der Waals surface area contributed by atoms with Crippen molar-refractivity contribution >= 4 is 10.0 Å². The Kier molecular flexibility index (Phi) is 4.25. The Bertz CT molecular complexity index is 705. The van der Waals surface area contributed by atoms with Crippen LogP contribution in [0.1, 0.15) is 22.6 Å². The SMILES string of the molecule is Cc1ccc(S(=O)(=O)NCCc2cc(C)on2)c(C)c1. The van der Waals surface area contributed by atoms with Crippen molar-refractivity contribution in [3.05, 3.63) is 46.8 Å². The molecule has 0 saturated carbocycles. The minimum atomic E-state index is -3.48. The summed E-state index contributed by atoms with van der Waals surface area (Å²) in [4.78, 5) is 0.319. The molecule has 1 aromatic carbocycles. The zero-order chi connectivity index (χ0) is 14.8. The van der Waals surface area contributed by atoms with Gasteiger partial charge in [0.15, 0.2) is 0 Å². The predicted molar refractivity (Wildman–Crippen MR) is 76.0 cm³/mol. The topological polar surface area (TPSA) is 72.2 Å². The van der Waals surface area contributed by atoms with Crippen LogP contribution in [0.2, 0.25) is 0 Å². The molecule has 0 atom stereocenters. The molecule has 2 rings (SSSR count). The van der Waals surface area contributed by atoms with Gasteiger partial charge in [-0.25, -0.2) is 13.1 Å². The largest absolute Gasteiger partial charge is 0.361 e. The number of aromatic nitrogens is 1. The number of nitrogens with one attached hydrogen (secondary N) is 1. The second-order valence-electron chi connectivity index (χ2n) is 4.85. The summed E-state index contributed by atoms with van der Waals surface area (Å²) in [6.45, 7) is 5.82. The monoisotopic (exact) mass is 294 g/mol. The summed E-state index contributed by atoms with van der Waals surface area (Å²) >= 11 is 0. The third kappa shape index (κ3) is 3.46. The Hall–Kier alpha value is -1.66. The summed E-state index contributed by atoms with van der Waals surface area (Å²) in [6, 6.07) is 7.08. The van der Waals surface area contributed by atoms with Crippen molar-refractivity contribution in [1.82, 2.24) is 9.88 Å². The third-order valence-electron chi connectivity index (χ3n) is 2.97. The number of hydrogen-bond donors (Lipinski definition) is 1. The van der Waals surface area contributed by atoms with Crippen LogP contribution in [-0.4, -0.2) is 20.1 Å². The first-order valence-electron chi connectivity index (χ1n) is 6.37. The van der Waals surface area contributed by atoms with E-state index in [9.17, 15) is 8.42 Å². The van der Waals surface area contributed by atoms with Crippen molar-refractivity contribution in [2.75, 3.05) is 6.54 Å². The van der Waals surface area contributed by atoms with E-state index in [1.165, 1.54) is 0 Å². The Morgan fingerprint density at radius 2 is 1.95 bits per heavy atom. The number of sulfonamides is 1. The highest BCUT2D eigenvalue weighted by molar-refractivity contribution is 7.89. The quantitative estimate of drug-likeness (QED) is 0.917. The smallest absolute Gasteiger partial charge is 0.240 e. The lowest BCUT2D eigenvalue weighted by Gasteiger charge is -2.09. The maximum atomic E-state index is 12.2. The van der Waals surface area contributed by atoms with Crippen LogP contribution in [0.25, 0.3) is 0 Å². The van der Waals surface area contributed by atoms with E-state index >= 15 is 0 Å². The molecule has 5 nitrogen and oxygen atoms in total. The van der Waals surface area contributed by atoms with Crippen molar-refractivity contribution in [2.45, 2.75) is 32.1 Å². The van der Waals surface area contributed by atoms with E-state index in [-0.39, 0.29) is 0 Å². The average molecular weight is 294 g/mol. The maximum absolute atomic E-state index is 12.2. The summed E-state index contributed by atoms with van der Waals surface area (Å²) in [5.74, 6) is 0.720. The number of benzene rings is 1. The van der Waals surface area contributed by atoms with Gasteiger partial charge in [-0.3, -0.25) is 0 Å². The van der Waals surface area contributed by atoms with E-state index < -0.39 is 10.0 Å². The predicted octanol–water partition coefficient (Wildman–Crippen LogP) is 2.12. The molecule has 6 heteroatoms. The number of hydrogen-bond acceptors (Lipinski definition) is 4. The van der Waals surface area contributed by atoms with Crippen LogP contribution in [0.5, 0.6) is 0 Å². The highest BCUT2D eigenvalue weighted by Gasteiger charge is 2.16. The molecule has 0 bridgehead atoms. The molecule has 1 heterocycles. The molecule has 108 valence electrons. The van der Waals surface area contributed by atoms with Crippen LogP contribution in [0, 0.1) is 20.8 Å². The Morgan fingerprint density at radius 3 is 2.55 bits per heavy atom. The normalized spacial score (nSPS) is 11.8. The van der Waals surface area contributed by atoms with Gasteiger partial charge in [-0.1, -0.05) is 22.9 Å². The lowest BCUT2D eigenvalue weighted by molar-refractivity contribution is 0.390. The van der Waals surface area contributed by atoms with Crippen molar-refractivity contribution in [2.24, 2.45) is 0 Å². The highest BCUT2D eigenvalue weighted by Crippen LogP contribution is 2.16. The van der Waals surface area contributed by atoms with Gasteiger partial charge in [0.05, 0.1) is 10.6 Å². The Balaban J connectivity index is 2.04. The van der Waals surface area contributed by atoms with Crippen LogP contribution in [0.15, 0.2) is 33.7 Å². The van der Waals surface area contributed by atoms with Gasteiger partial charge in [0, 0.05) is 19.0 Å². The van der Waals surface area contributed by atoms with Gasteiger partial charge in [-0.05, 0) is 32.4 Å². The molecule has 0 aliphatic carbocycles. The minimum absolute atomic E-state index is 0.293. The first-order valence-corrected chi connectivity index (χ1v) is 7.86. The van der Waals surface area contributed by atoms with E-state index in [0.29, 0.717) is 17.9 Å². The summed E-state index contributed by atoms with van der Waals surface area (Å²) in [5, 5.41) is 3.83. The number of aryl methyl sites for hydroxylation is 3. The summed E-state index contributed by atoms with van der Waals surface area (Å²) in [7, 11) is -3.48. The summed E-state index contributed by atoms with van der Waals surface area (Å²) < 4.78 is 31.9. The molecular formula is C14H18N2O3S. The first kappa shape index (κ1) is 14.7. The molecule has 2 aromatic rings. The molecular weight excluding hydrogens is 276 g/mol. The maximum Gasteiger partial charge on any atom is 0.240 e. The van der Waals surface area contributed by atoms with Crippen LogP contribution in [0.4, 0.5) is 0 Å². The van der Waals surface area contributed by atoms with Crippen molar-refractivity contribution in [3.63, 3.8) is 0 Å². The lowest BCUT2D eigenvalue weighted by atomic mass is 10.2. The summed E-state index contributed by atoms with van der Waals surface area (Å²) in [5.41, 5.74) is 2.53. The molecule has 0 saturated heterocycles. The molecule has 20 heavy (non-hydrogen) atoms.